The van der Waals surface area contributed by atoms with E-state index in [0.717, 1.165) is 6.42 Å². The van der Waals surface area contributed by atoms with Gasteiger partial charge in [0.1, 0.15) is 5.82 Å². The van der Waals surface area contributed by atoms with Gasteiger partial charge in [-0.3, -0.25) is 4.79 Å². The molecule has 0 saturated carbocycles. The van der Waals surface area contributed by atoms with Crippen LogP contribution in [0.2, 0.25) is 0 Å². The van der Waals surface area contributed by atoms with E-state index in [-0.39, 0.29) is 5.91 Å². The van der Waals surface area contributed by atoms with Crippen LogP contribution in [-0.4, -0.2) is 15.9 Å². The first kappa shape index (κ1) is 9.64. The molecule has 0 aliphatic carbocycles. The van der Waals surface area contributed by atoms with Crippen LogP contribution in [0, 0.1) is 6.92 Å². The fourth-order valence-corrected chi connectivity index (χ4v) is 0.908. The summed E-state index contributed by atoms with van der Waals surface area (Å²) in [5.74, 6) is 0.712. The van der Waals surface area contributed by atoms with Gasteiger partial charge in [-0.15, -0.1) is 0 Å². The number of nitrogens with one attached hydrogen (secondary N) is 1. The molecule has 0 fully saturated rings. The highest BCUT2D eigenvalue weighted by Gasteiger charge is 2.00. The second-order valence-electron chi connectivity index (χ2n) is 2.82. The fraction of sp³-hybridized carbons (Fsp3) is 0.444. The highest BCUT2D eigenvalue weighted by Crippen LogP contribution is 2.03. The molecule has 0 radical (unpaired) electrons. The third kappa shape index (κ3) is 3.19. The molecule has 1 aromatic rings. The molecule has 1 N–H and O–H groups in total. The number of aryl methyl sites for hydroxylation is 1. The molecule has 0 aliphatic rings. The van der Waals surface area contributed by atoms with Crippen LogP contribution in [0.5, 0.6) is 0 Å². The van der Waals surface area contributed by atoms with Crippen molar-refractivity contribution in [1.29, 1.82) is 0 Å². The first-order chi connectivity index (χ1) is 6.22. The molecule has 1 heterocycles. The molecular weight excluding hydrogens is 166 g/mol. The summed E-state index contributed by atoms with van der Waals surface area (Å²) in [5, 5.41) is 2.71. The van der Waals surface area contributed by atoms with Gasteiger partial charge in [-0.1, -0.05) is 6.92 Å². The lowest BCUT2D eigenvalue weighted by Crippen LogP contribution is -2.11. The summed E-state index contributed by atoms with van der Waals surface area (Å²) in [4.78, 5) is 19.1. The Hall–Kier alpha value is -1.45. The van der Waals surface area contributed by atoms with Crippen molar-refractivity contribution in [3.05, 3.63) is 18.2 Å². The van der Waals surface area contributed by atoms with Crippen LogP contribution < -0.4 is 5.32 Å². The van der Waals surface area contributed by atoms with E-state index in [2.05, 4.69) is 15.3 Å². The summed E-state index contributed by atoms with van der Waals surface area (Å²) >= 11 is 0. The predicted octanol–water partition coefficient (Wildman–Crippen LogP) is 1.52. The number of nitrogens with zero attached hydrogens (tertiary/aromatic N) is 2. The molecule has 13 heavy (non-hydrogen) atoms. The van der Waals surface area contributed by atoms with E-state index >= 15 is 0 Å². The number of carbonyl (C=O) groups is 1. The Balaban J connectivity index is 2.54. The average Bonchev–Trinajstić information content (AvgIpc) is 2.09. The summed E-state index contributed by atoms with van der Waals surface area (Å²) in [6, 6.07) is 0. The molecule has 4 nitrogen and oxygen atoms in total. The van der Waals surface area contributed by atoms with Gasteiger partial charge in [0.25, 0.3) is 0 Å². The van der Waals surface area contributed by atoms with Crippen molar-refractivity contribution in [2.45, 2.75) is 26.7 Å². The maximum Gasteiger partial charge on any atom is 0.224 e. The molecule has 0 atom stereocenters. The van der Waals surface area contributed by atoms with Crippen molar-refractivity contribution in [2.24, 2.45) is 0 Å². The average molecular weight is 179 g/mol. The van der Waals surface area contributed by atoms with Crippen molar-refractivity contribution < 1.29 is 4.79 Å². The Morgan fingerprint density at radius 2 is 2.08 bits per heavy atom. The molecule has 0 saturated heterocycles. The predicted molar refractivity (Wildman–Crippen MR) is 50.3 cm³/mol. The van der Waals surface area contributed by atoms with E-state index in [1.165, 1.54) is 0 Å². The highest BCUT2D eigenvalue weighted by atomic mass is 16.1. The van der Waals surface area contributed by atoms with Gasteiger partial charge in [-0.2, -0.15) is 0 Å². The van der Waals surface area contributed by atoms with Crippen molar-refractivity contribution >= 4 is 11.6 Å². The van der Waals surface area contributed by atoms with Gasteiger partial charge in [0.05, 0.1) is 18.1 Å². The monoisotopic (exact) mass is 179 g/mol. The van der Waals surface area contributed by atoms with E-state index in [4.69, 9.17) is 0 Å². The third-order valence-corrected chi connectivity index (χ3v) is 1.54. The number of anilines is 1. The van der Waals surface area contributed by atoms with Crippen LogP contribution in [0.1, 0.15) is 25.6 Å². The second-order valence-corrected chi connectivity index (χ2v) is 2.82. The molecule has 0 aromatic carbocycles. The van der Waals surface area contributed by atoms with Gasteiger partial charge in [0.2, 0.25) is 5.91 Å². The van der Waals surface area contributed by atoms with Crippen LogP contribution in [-0.2, 0) is 4.79 Å². The van der Waals surface area contributed by atoms with E-state index in [9.17, 15) is 4.79 Å². The maximum absolute atomic E-state index is 11.1. The maximum atomic E-state index is 11.1. The van der Waals surface area contributed by atoms with E-state index in [0.29, 0.717) is 17.9 Å². The SMILES string of the molecule is CCCC(=O)Nc1cnc(C)nc1. The fourth-order valence-electron chi connectivity index (χ4n) is 0.908. The number of amides is 1. The normalized spacial score (nSPS) is 9.69. The van der Waals surface area contributed by atoms with Crippen LogP contribution >= 0.6 is 0 Å². The van der Waals surface area contributed by atoms with E-state index in [1.807, 2.05) is 6.92 Å². The Kier molecular flexibility index (Phi) is 3.37. The van der Waals surface area contributed by atoms with Crippen LogP contribution in [0.3, 0.4) is 0 Å². The van der Waals surface area contributed by atoms with Gasteiger partial charge in [0, 0.05) is 6.42 Å². The van der Waals surface area contributed by atoms with Gasteiger partial charge in [0.15, 0.2) is 0 Å². The number of rotatable bonds is 3. The second kappa shape index (κ2) is 4.54. The minimum absolute atomic E-state index is 0.00922. The molecule has 0 bridgehead atoms. The summed E-state index contributed by atoms with van der Waals surface area (Å²) in [6.45, 7) is 3.77. The minimum atomic E-state index is 0.00922. The molecule has 70 valence electrons. The Labute approximate surface area is 77.4 Å². The zero-order valence-corrected chi connectivity index (χ0v) is 7.87. The summed E-state index contributed by atoms with van der Waals surface area (Å²) in [7, 11) is 0. The third-order valence-electron chi connectivity index (χ3n) is 1.54. The molecule has 4 heteroatoms. The summed E-state index contributed by atoms with van der Waals surface area (Å²) in [5.41, 5.74) is 0.657. The van der Waals surface area contributed by atoms with Gasteiger partial charge in [-0.05, 0) is 13.3 Å². The van der Waals surface area contributed by atoms with Gasteiger partial charge < -0.3 is 5.32 Å². The number of hydrogen-bond acceptors (Lipinski definition) is 3. The zero-order chi connectivity index (χ0) is 9.68. The molecule has 0 spiro atoms. The van der Waals surface area contributed by atoms with Crippen molar-refractivity contribution in [3.63, 3.8) is 0 Å². The van der Waals surface area contributed by atoms with E-state index < -0.39 is 0 Å². The first-order valence-electron chi connectivity index (χ1n) is 4.31. The zero-order valence-electron chi connectivity index (χ0n) is 7.87. The topological polar surface area (TPSA) is 54.9 Å². The lowest BCUT2D eigenvalue weighted by atomic mass is 10.3. The quantitative estimate of drug-likeness (QED) is 0.765. The van der Waals surface area contributed by atoms with Crippen LogP contribution in [0.25, 0.3) is 0 Å². The molecule has 1 rings (SSSR count). The molecular formula is C9H13N3O. The van der Waals surface area contributed by atoms with Gasteiger partial charge >= 0.3 is 0 Å². The lowest BCUT2D eigenvalue weighted by Gasteiger charge is -2.02. The minimum Gasteiger partial charge on any atom is -0.323 e. The molecule has 0 aliphatic heterocycles. The lowest BCUT2D eigenvalue weighted by molar-refractivity contribution is -0.116. The number of hydrogen-bond donors (Lipinski definition) is 1. The van der Waals surface area contributed by atoms with Gasteiger partial charge in [-0.25, -0.2) is 9.97 Å². The molecule has 0 unspecified atom stereocenters. The van der Waals surface area contributed by atoms with Crippen molar-refractivity contribution in [3.8, 4) is 0 Å². The number of carbonyl (C=O) groups excluding carboxylic acids is 1. The van der Waals surface area contributed by atoms with Crippen molar-refractivity contribution in [1.82, 2.24) is 9.97 Å². The summed E-state index contributed by atoms with van der Waals surface area (Å²) < 4.78 is 0. The van der Waals surface area contributed by atoms with Crippen LogP contribution in [0.4, 0.5) is 5.69 Å². The number of aromatic nitrogens is 2. The summed E-state index contributed by atoms with van der Waals surface area (Å²) in [6.07, 6.45) is 4.60. The van der Waals surface area contributed by atoms with Crippen molar-refractivity contribution in [2.75, 3.05) is 5.32 Å². The van der Waals surface area contributed by atoms with Crippen LogP contribution in [0.15, 0.2) is 12.4 Å². The largest absolute Gasteiger partial charge is 0.323 e. The highest BCUT2D eigenvalue weighted by molar-refractivity contribution is 5.90. The Bertz CT molecular complexity index is 281. The standard InChI is InChI=1S/C9H13N3O/c1-3-4-9(13)12-8-5-10-7(2)11-6-8/h5-6H,3-4H2,1-2H3,(H,12,13). The Morgan fingerprint density at radius 1 is 1.46 bits per heavy atom. The van der Waals surface area contributed by atoms with E-state index in [1.54, 1.807) is 19.3 Å². The smallest absolute Gasteiger partial charge is 0.224 e. The first-order valence-corrected chi connectivity index (χ1v) is 4.31. The molecule has 1 aromatic heterocycles. The molecule has 1 amide bonds. The Morgan fingerprint density at radius 3 is 2.62 bits per heavy atom.